The maximum absolute atomic E-state index is 4.84. The highest BCUT2D eigenvalue weighted by Gasteiger charge is 2.09. The van der Waals surface area contributed by atoms with E-state index in [9.17, 15) is 0 Å². The van der Waals surface area contributed by atoms with Gasteiger partial charge in [-0.15, -0.1) is 0 Å². The Labute approximate surface area is 136 Å². The van der Waals surface area contributed by atoms with Gasteiger partial charge in [-0.3, -0.25) is 9.67 Å². The fourth-order valence-corrected chi connectivity index (χ4v) is 2.12. The number of aryl methyl sites for hydroxylation is 1. The van der Waals surface area contributed by atoms with Crippen molar-refractivity contribution >= 4 is 11.8 Å². The molecule has 0 saturated carbocycles. The molecule has 4 heterocycles. The molecule has 0 saturated heterocycles. The van der Waals surface area contributed by atoms with E-state index < -0.39 is 0 Å². The normalized spacial score (nSPS) is 10.7. The number of aromatic nitrogens is 7. The van der Waals surface area contributed by atoms with E-state index in [1.807, 2.05) is 19.3 Å². The van der Waals surface area contributed by atoms with Gasteiger partial charge in [-0.2, -0.15) is 5.10 Å². The van der Waals surface area contributed by atoms with E-state index in [-0.39, 0.29) is 0 Å². The number of anilines is 2. The lowest BCUT2D eigenvalue weighted by molar-refractivity contribution is 0.422. The number of hydrogen-bond acceptors (Lipinski definition) is 8. The first-order valence-corrected chi connectivity index (χ1v) is 7.11. The van der Waals surface area contributed by atoms with E-state index in [0.717, 1.165) is 0 Å². The van der Waals surface area contributed by atoms with Crippen molar-refractivity contribution in [1.29, 1.82) is 0 Å². The summed E-state index contributed by atoms with van der Waals surface area (Å²) in [5, 5.41) is 11.1. The van der Waals surface area contributed by atoms with Crippen LogP contribution in [-0.2, 0) is 7.05 Å². The Kier molecular flexibility index (Phi) is 3.43. The molecule has 9 nitrogen and oxygen atoms in total. The molecule has 0 fully saturated rings. The SMILES string of the molecule is Cn1ccc(Nc2nccc(-c3cncc(-c4ccon4)n3)n2)n1. The second-order valence-corrected chi connectivity index (χ2v) is 4.94. The maximum Gasteiger partial charge on any atom is 0.228 e. The third kappa shape index (κ3) is 2.82. The van der Waals surface area contributed by atoms with E-state index in [4.69, 9.17) is 4.52 Å². The topological polar surface area (TPSA) is 107 Å². The number of nitrogens with one attached hydrogen (secondary N) is 1. The fourth-order valence-electron chi connectivity index (χ4n) is 2.12. The molecule has 0 amide bonds. The molecular weight excluding hydrogens is 308 g/mol. The van der Waals surface area contributed by atoms with Gasteiger partial charge in [0.15, 0.2) is 5.82 Å². The summed E-state index contributed by atoms with van der Waals surface area (Å²) in [7, 11) is 1.84. The van der Waals surface area contributed by atoms with Crippen molar-refractivity contribution in [2.45, 2.75) is 0 Å². The quantitative estimate of drug-likeness (QED) is 0.609. The summed E-state index contributed by atoms with van der Waals surface area (Å²) in [4.78, 5) is 17.4. The molecule has 0 atom stereocenters. The van der Waals surface area contributed by atoms with Gasteiger partial charge < -0.3 is 9.84 Å². The standard InChI is InChI=1S/C15H12N8O/c1-23-6-3-14(21-23)20-15-17-5-2-10(19-15)12-8-16-9-13(18-12)11-4-7-24-22-11/h2-9H,1H3,(H,17,19,20,21). The molecule has 0 aliphatic heterocycles. The first kappa shape index (κ1) is 14.0. The van der Waals surface area contributed by atoms with E-state index in [1.165, 1.54) is 6.26 Å². The molecule has 4 aromatic rings. The molecule has 0 radical (unpaired) electrons. The molecule has 1 N–H and O–H groups in total. The van der Waals surface area contributed by atoms with Crippen LogP contribution in [0.2, 0.25) is 0 Å². The Bertz CT molecular complexity index is 963. The third-order valence-corrected chi connectivity index (χ3v) is 3.21. The van der Waals surface area contributed by atoms with Crippen molar-refractivity contribution in [2.24, 2.45) is 7.05 Å². The molecule has 0 aliphatic carbocycles. The van der Waals surface area contributed by atoms with Gasteiger partial charge in [-0.1, -0.05) is 5.16 Å². The van der Waals surface area contributed by atoms with Crippen LogP contribution in [0.25, 0.3) is 22.8 Å². The van der Waals surface area contributed by atoms with Crippen LogP contribution in [0.15, 0.2) is 53.8 Å². The largest absolute Gasteiger partial charge is 0.364 e. The summed E-state index contributed by atoms with van der Waals surface area (Å²) in [6.45, 7) is 0. The minimum atomic E-state index is 0.430. The average molecular weight is 320 g/mol. The summed E-state index contributed by atoms with van der Waals surface area (Å²) in [5.74, 6) is 1.09. The molecule has 0 unspecified atom stereocenters. The first-order chi connectivity index (χ1) is 11.8. The van der Waals surface area contributed by atoms with Gasteiger partial charge in [0, 0.05) is 31.6 Å². The van der Waals surface area contributed by atoms with Crippen molar-refractivity contribution in [1.82, 2.24) is 34.9 Å². The second kappa shape index (κ2) is 5.88. The molecule has 9 heteroatoms. The summed E-state index contributed by atoms with van der Waals surface area (Å²) in [5.41, 5.74) is 2.48. The minimum Gasteiger partial charge on any atom is -0.364 e. The van der Waals surface area contributed by atoms with E-state index >= 15 is 0 Å². The molecule has 0 aliphatic rings. The molecule has 0 spiro atoms. The lowest BCUT2D eigenvalue weighted by Crippen LogP contribution is -2.00. The van der Waals surface area contributed by atoms with Gasteiger partial charge in [0.2, 0.25) is 5.95 Å². The van der Waals surface area contributed by atoms with Crippen LogP contribution in [-0.4, -0.2) is 34.9 Å². The van der Waals surface area contributed by atoms with E-state index in [2.05, 4.69) is 35.5 Å². The molecular formula is C15H12N8O. The van der Waals surface area contributed by atoms with Crippen LogP contribution in [0.5, 0.6) is 0 Å². The number of rotatable bonds is 4. The second-order valence-electron chi connectivity index (χ2n) is 4.94. The van der Waals surface area contributed by atoms with Crippen LogP contribution < -0.4 is 5.32 Å². The maximum atomic E-state index is 4.84. The third-order valence-electron chi connectivity index (χ3n) is 3.21. The first-order valence-electron chi connectivity index (χ1n) is 7.11. The van der Waals surface area contributed by atoms with Crippen molar-refractivity contribution in [2.75, 3.05) is 5.32 Å². The Morgan fingerprint density at radius 2 is 1.88 bits per heavy atom. The van der Waals surface area contributed by atoms with Gasteiger partial charge in [0.05, 0.1) is 18.1 Å². The molecule has 4 rings (SSSR count). The summed E-state index contributed by atoms with van der Waals surface area (Å²) >= 11 is 0. The van der Waals surface area contributed by atoms with Gasteiger partial charge in [-0.05, 0) is 6.07 Å². The van der Waals surface area contributed by atoms with Crippen LogP contribution in [0, 0.1) is 0 Å². The molecule has 118 valence electrons. The van der Waals surface area contributed by atoms with E-state index in [1.54, 1.807) is 35.4 Å². The van der Waals surface area contributed by atoms with Crippen LogP contribution in [0.3, 0.4) is 0 Å². The minimum absolute atomic E-state index is 0.430. The number of hydrogen-bond donors (Lipinski definition) is 1. The monoisotopic (exact) mass is 320 g/mol. The summed E-state index contributed by atoms with van der Waals surface area (Å²) < 4.78 is 6.53. The highest BCUT2D eigenvalue weighted by atomic mass is 16.5. The lowest BCUT2D eigenvalue weighted by atomic mass is 10.2. The van der Waals surface area contributed by atoms with Crippen LogP contribution in [0.4, 0.5) is 11.8 Å². The molecule has 4 aromatic heterocycles. The molecule has 0 aromatic carbocycles. The highest BCUT2D eigenvalue weighted by molar-refractivity contribution is 5.60. The Balaban J connectivity index is 1.65. The van der Waals surface area contributed by atoms with Crippen LogP contribution in [0.1, 0.15) is 0 Å². The Hall–Kier alpha value is -3.62. The van der Waals surface area contributed by atoms with Gasteiger partial charge in [0.1, 0.15) is 23.3 Å². The highest BCUT2D eigenvalue weighted by Crippen LogP contribution is 2.20. The Morgan fingerprint density at radius 3 is 2.62 bits per heavy atom. The lowest BCUT2D eigenvalue weighted by Gasteiger charge is -2.04. The number of nitrogens with zero attached hydrogens (tertiary/aromatic N) is 7. The smallest absolute Gasteiger partial charge is 0.228 e. The van der Waals surface area contributed by atoms with Gasteiger partial charge >= 0.3 is 0 Å². The van der Waals surface area contributed by atoms with Gasteiger partial charge in [0.25, 0.3) is 0 Å². The summed E-state index contributed by atoms with van der Waals surface area (Å²) in [6.07, 6.45) is 8.23. The zero-order valence-electron chi connectivity index (χ0n) is 12.7. The average Bonchev–Trinajstić information content (AvgIpc) is 3.27. The molecule has 0 bridgehead atoms. The fraction of sp³-hybridized carbons (Fsp3) is 0.0667. The van der Waals surface area contributed by atoms with Crippen molar-refractivity contribution < 1.29 is 4.52 Å². The van der Waals surface area contributed by atoms with Crippen molar-refractivity contribution in [3.8, 4) is 22.8 Å². The predicted molar refractivity (Wildman–Crippen MR) is 85.0 cm³/mol. The van der Waals surface area contributed by atoms with Crippen molar-refractivity contribution in [3.05, 3.63) is 49.2 Å². The zero-order chi connectivity index (χ0) is 16.4. The predicted octanol–water partition coefficient (Wildman–Crippen LogP) is 2.07. The van der Waals surface area contributed by atoms with E-state index in [0.29, 0.717) is 34.5 Å². The Morgan fingerprint density at radius 1 is 1.00 bits per heavy atom. The zero-order valence-corrected chi connectivity index (χ0v) is 12.7. The van der Waals surface area contributed by atoms with Crippen molar-refractivity contribution in [3.63, 3.8) is 0 Å². The molecule has 24 heavy (non-hydrogen) atoms. The summed E-state index contributed by atoms with van der Waals surface area (Å²) in [6, 6.07) is 5.32. The van der Waals surface area contributed by atoms with Crippen LogP contribution >= 0.6 is 0 Å². The van der Waals surface area contributed by atoms with Gasteiger partial charge in [-0.25, -0.2) is 15.0 Å².